The molecule has 1 saturated heterocycles. The second-order valence-electron chi connectivity index (χ2n) is 8.07. The molecule has 8 nitrogen and oxygen atoms in total. The van der Waals surface area contributed by atoms with Crippen molar-refractivity contribution in [1.82, 2.24) is 4.90 Å². The fourth-order valence-electron chi connectivity index (χ4n) is 4.21. The summed E-state index contributed by atoms with van der Waals surface area (Å²) in [6, 6.07) is 10.7. The second kappa shape index (κ2) is 9.30. The molecule has 0 spiro atoms. The van der Waals surface area contributed by atoms with Gasteiger partial charge in [0.1, 0.15) is 0 Å². The molecule has 1 fully saturated rings. The van der Waals surface area contributed by atoms with Gasteiger partial charge >= 0.3 is 0 Å². The summed E-state index contributed by atoms with van der Waals surface area (Å²) in [4.78, 5) is 38.4. The first-order chi connectivity index (χ1) is 15.4. The van der Waals surface area contributed by atoms with Crippen molar-refractivity contribution in [3.8, 4) is 11.5 Å². The average Bonchev–Trinajstić information content (AvgIpc) is 3.10. The van der Waals surface area contributed by atoms with E-state index in [9.17, 15) is 14.4 Å². The van der Waals surface area contributed by atoms with Gasteiger partial charge in [0.05, 0.1) is 19.3 Å². The van der Waals surface area contributed by atoms with Crippen molar-refractivity contribution in [3.05, 3.63) is 47.5 Å². The number of carbonyl (C=O) groups is 3. The van der Waals surface area contributed by atoms with Crippen molar-refractivity contribution in [2.24, 2.45) is 0 Å². The van der Waals surface area contributed by atoms with Gasteiger partial charge in [0.2, 0.25) is 11.8 Å². The Morgan fingerprint density at radius 3 is 2.19 bits per heavy atom. The molecular weight excluding hydrogens is 410 g/mol. The smallest absolute Gasteiger partial charge is 0.254 e. The van der Waals surface area contributed by atoms with Gasteiger partial charge in [-0.25, -0.2) is 0 Å². The van der Waals surface area contributed by atoms with Crippen LogP contribution in [0.2, 0.25) is 0 Å². The fraction of sp³-hybridized carbons (Fsp3) is 0.375. The van der Waals surface area contributed by atoms with Crippen molar-refractivity contribution in [3.63, 3.8) is 0 Å². The number of anilines is 2. The van der Waals surface area contributed by atoms with E-state index in [1.165, 1.54) is 13.8 Å². The highest BCUT2D eigenvalue weighted by molar-refractivity contribution is 6.00. The summed E-state index contributed by atoms with van der Waals surface area (Å²) >= 11 is 0. The lowest BCUT2D eigenvalue weighted by Gasteiger charge is -2.26. The molecule has 4 rings (SSSR count). The highest BCUT2D eigenvalue weighted by atomic mass is 16.5. The summed E-state index contributed by atoms with van der Waals surface area (Å²) in [5.74, 6) is 0.771. The molecule has 8 heteroatoms. The second-order valence-corrected chi connectivity index (χ2v) is 8.07. The summed E-state index contributed by atoms with van der Waals surface area (Å²) in [6.07, 6.45) is 2.56. The topological polar surface area (TPSA) is 97.0 Å². The molecule has 2 aliphatic rings. The summed E-state index contributed by atoms with van der Waals surface area (Å²) in [7, 11) is 0. The maximum atomic E-state index is 13.5. The van der Waals surface area contributed by atoms with Gasteiger partial charge in [-0.2, -0.15) is 0 Å². The molecule has 2 heterocycles. The third kappa shape index (κ3) is 4.85. The number of fused-ring (bicyclic) bond motifs is 1. The van der Waals surface area contributed by atoms with Crippen LogP contribution in [0.4, 0.5) is 11.4 Å². The van der Waals surface area contributed by atoms with Crippen LogP contribution in [0.3, 0.4) is 0 Å². The molecule has 3 amide bonds. The lowest BCUT2D eigenvalue weighted by molar-refractivity contribution is -0.115. The van der Waals surface area contributed by atoms with Crippen LogP contribution < -0.4 is 20.1 Å². The number of ether oxygens (including phenoxy) is 2. The Balaban J connectivity index is 1.63. The SMILES string of the molecule is CC(=O)Nc1cc(NC(C)=O)cc(C(=O)N2CCCC2c2ccc3c(c2)OCCCO3)c1. The van der Waals surface area contributed by atoms with E-state index in [0.29, 0.717) is 42.4 Å². The Morgan fingerprint density at radius 2 is 1.53 bits per heavy atom. The Bertz CT molecular complexity index is 1020. The Labute approximate surface area is 186 Å². The normalized spacial score (nSPS) is 17.4. The van der Waals surface area contributed by atoms with Crippen LogP contribution in [0.25, 0.3) is 0 Å². The van der Waals surface area contributed by atoms with Crippen molar-refractivity contribution < 1.29 is 23.9 Å². The maximum Gasteiger partial charge on any atom is 0.254 e. The van der Waals surface area contributed by atoms with Gasteiger partial charge in [-0.15, -0.1) is 0 Å². The van der Waals surface area contributed by atoms with Crippen LogP contribution in [0.1, 0.15) is 55.1 Å². The third-order valence-corrected chi connectivity index (χ3v) is 5.49. The van der Waals surface area contributed by atoms with Gasteiger partial charge in [-0.3, -0.25) is 14.4 Å². The molecule has 2 aliphatic heterocycles. The van der Waals surface area contributed by atoms with Crippen molar-refractivity contribution in [2.75, 3.05) is 30.4 Å². The Hall–Kier alpha value is -3.55. The van der Waals surface area contributed by atoms with E-state index in [-0.39, 0.29) is 23.8 Å². The largest absolute Gasteiger partial charge is 0.490 e. The van der Waals surface area contributed by atoms with Crippen LogP contribution in [0.15, 0.2) is 36.4 Å². The summed E-state index contributed by atoms with van der Waals surface area (Å²) in [5.41, 5.74) is 2.32. The van der Waals surface area contributed by atoms with Crippen molar-refractivity contribution in [2.45, 2.75) is 39.2 Å². The monoisotopic (exact) mass is 437 g/mol. The van der Waals surface area contributed by atoms with Crippen LogP contribution in [0, 0.1) is 0 Å². The van der Waals surface area contributed by atoms with E-state index >= 15 is 0 Å². The minimum Gasteiger partial charge on any atom is -0.490 e. The summed E-state index contributed by atoms with van der Waals surface area (Å²) in [5, 5.41) is 5.39. The van der Waals surface area contributed by atoms with Gasteiger partial charge in [-0.1, -0.05) is 6.07 Å². The van der Waals surface area contributed by atoms with Gasteiger partial charge in [-0.05, 0) is 48.7 Å². The lowest BCUT2D eigenvalue weighted by atomic mass is 10.0. The molecule has 2 aromatic carbocycles. The first kappa shape index (κ1) is 21.7. The van der Waals surface area contributed by atoms with Gasteiger partial charge in [0.15, 0.2) is 11.5 Å². The van der Waals surface area contributed by atoms with Crippen LogP contribution in [-0.4, -0.2) is 42.4 Å². The molecule has 0 radical (unpaired) electrons. The molecule has 2 aromatic rings. The van der Waals surface area contributed by atoms with Crippen LogP contribution in [0.5, 0.6) is 11.5 Å². The molecular formula is C24H27N3O5. The first-order valence-corrected chi connectivity index (χ1v) is 10.8. The zero-order valence-corrected chi connectivity index (χ0v) is 18.3. The zero-order chi connectivity index (χ0) is 22.7. The highest BCUT2D eigenvalue weighted by Gasteiger charge is 2.32. The standard InChI is InChI=1S/C24H27N3O5/c1-15(28)25-19-11-18(12-20(14-19)26-16(2)29)24(30)27-8-3-5-21(27)17-6-7-22-23(13-17)32-10-4-9-31-22/h6-7,11-14,21H,3-5,8-10H2,1-2H3,(H,25,28)(H,26,29). The zero-order valence-electron chi connectivity index (χ0n) is 18.3. The average molecular weight is 437 g/mol. The van der Waals surface area contributed by atoms with E-state index < -0.39 is 0 Å². The highest BCUT2D eigenvalue weighted by Crippen LogP contribution is 2.38. The van der Waals surface area contributed by atoms with Gasteiger partial charge < -0.3 is 25.0 Å². The number of amides is 3. The molecule has 1 atom stereocenters. The number of hydrogen-bond acceptors (Lipinski definition) is 5. The predicted octanol–water partition coefficient (Wildman–Crippen LogP) is 3.74. The quantitative estimate of drug-likeness (QED) is 0.760. The van der Waals surface area contributed by atoms with Crippen molar-refractivity contribution >= 4 is 29.1 Å². The maximum absolute atomic E-state index is 13.5. The Kier molecular flexibility index (Phi) is 6.30. The summed E-state index contributed by atoms with van der Waals surface area (Å²) in [6.45, 7) is 4.64. The van der Waals surface area contributed by atoms with E-state index in [2.05, 4.69) is 10.6 Å². The van der Waals surface area contributed by atoms with Crippen LogP contribution >= 0.6 is 0 Å². The van der Waals surface area contributed by atoms with Crippen molar-refractivity contribution in [1.29, 1.82) is 0 Å². The van der Waals surface area contributed by atoms with Gasteiger partial charge in [0, 0.05) is 43.8 Å². The minimum absolute atomic E-state index is 0.0895. The molecule has 1 unspecified atom stereocenters. The number of likely N-dealkylation sites (tertiary alicyclic amines) is 1. The number of carbonyl (C=O) groups excluding carboxylic acids is 3. The first-order valence-electron chi connectivity index (χ1n) is 10.8. The minimum atomic E-state index is -0.255. The molecule has 32 heavy (non-hydrogen) atoms. The van der Waals surface area contributed by atoms with E-state index in [0.717, 1.165) is 30.6 Å². The number of nitrogens with one attached hydrogen (secondary N) is 2. The predicted molar refractivity (Wildman–Crippen MR) is 120 cm³/mol. The molecule has 168 valence electrons. The number of hydrogen-bond donors (Lipinski definition) is 2. The summed E-state index contributed by atoms with van der Waals surface area (Å²) < 4.78 is 11.6. The van der Waals surface area contributed by atoms with Gasteiger partial charge in [0.25, 0.3) is 5.91 Å². The van der Waals surface area contributed by atoms with Crippen LogP contribution in [-0.2, 0) is 9.59 Å². The third-order valence-electron chi connectivity index (χ3n) is 5.49. The lowest BCUT2D eigenvalue weighted by Crippen LogP contribution is -2.30. The number of nitrogens with zero attached hydrogens (tertiary/aromatic N) is 1. The molecule has 0 saturated carbocycles. The fourth-order valence-corrected chi connectivity index (χ4v) is 4.21. The van der Waals surface area contributed by atoms with E-state index in [1.807, 2.05) is 23.1 Å². The molecule has 0 aromatic heterocycles. The Morgan fingerprint density at radius 1 is 0.875 bits per heavy atom. The van der Waals surface area contributed by atoms with E-state index in [1.54, 1.807) is 18.2 Å². The van der Waals surface area contributed by atoms with E-state index in [4.69, 9.17) is 9.47 Å². The number of benzene rings is 2. The molecule has 0 aliphatic carbocycles. The molecule has 0 bridgehead atoms. The molecule has 2 N–H and O–H groups in total. The number of rotatable bonds is 4.